The Bertz CT molecular complexity index is 1430. The third-order valence-electron chi connectivity index (χ3n) is 6.65. The third-order valence-corrected chi connectivity index (χ3v) is 8.84. The van der Waals surface area contributed by atoms with Gasteiger partial charge in [-0.3, -0.25) is 9.78 Å². The second-order valence-corrected chi connectivity index (χ2v) is 11.3. The Balaban J connectivity index is 1.48. The minimum absolute atomic E-state index is 0.0631. The minimum atomic E-state index is -0.925. The number of carboxylic acid groups (broad SMARTS) is 1. The average Bonchev–Trinajstić information content (AvgIpc) is 3.48. The van der Waals surface area contributed by atoms with E-state index in [9.17, 15) is 14.7 Å². The number of hydrogen-bond acceptors (Lipinski definition) is 7. The molecule has 1 atom stereocenters. The van der Waals surface area contributed by atoms with Crippen molar-refractivity contribution in [3.05, 3.63) is 53.2 Å². The first-order chi connectivity index (χ1) is 17.9. The molecule has 0 saturated heterocycles. The van der Waals surface area contributed by atoms with Gasteiger partial charge in [0, 0.05) is 48.4 Å². The van der Waals surface area contributed by atoms with Crippen molar-refractivity contribution in [3.8, 4) is 21.7 Å². The van der Waals surface area contributed by atoms with Gasteiger partial charge in [-0.25, -0.2) is 9.78 Å². The summed E-state index contributed by atoms with van der Waals surface area (Å²) in [6, 6.07) is 10.5. The number of thiazole rings is 1. The molecule has 4 aromatic rings. The van der Waals surface area contributed by atoms with Crippen LogP contribution in [0.4, 0.5) is 9.80 Å². The normalized spacial score (nSPS) is 13.9. The molecule has 8 nitrogen and oxygen atoms in total. The van der Waals surface area contributed by atoms with Crippen molar-refractivity contribution in [2.45, 2.75) is 45.7 Å². The van der Waals surface area contributed by atoms with Gasteiger partial charge >= 0.3 is 6.09 Å². The van der Waals surface area contributed by atoms with Crippen LogP contribution in [-0.2, 0) is 17.8 Å². The van der Waals surface area contributed by atoms with Gasteiger partial charge in [-0.1, -0.05) is 13.0 Å². The molecule has 0 spiro atoms. The molecule has 1 aromatic carbocycles. The highest BCUT2D eigenvalue weighted by molar-refractivity contribution is 7.23. The van der Waals surface area contributed by atoms with E-state index in [0.717, 1.165) is 53.8 Å². The van der Waals surface area contributed by atoms with E-state index >= 15 is 0 Å². The highest BCUT2D eigenvalue weighted by atomic mass is 32.1. The number of rotatable bonds is 8. The fourth-order valence-electron chi connectivity index (χ4n) is 4.40. The molecule has 0 aliphatic carbocycles. The Kier molecular flexibility index (Phi) is 7.50. The zero-order chi connectivity index (χ0) is 25.9. The number of nitrogens with zero attached hydrogens (tertiary/aromatic N) is 3. The number of aromatic nitrogens is 2. The van der Waals surface area contributed by atoms with Crippen LogP contribution in [-0.4, -0.2) is 51.1 Å². The Labute approximate surface area is 223 Å². The maximum absolute atomic E-state index is 12.9. The lowest BCUT2D eigenvalue weighted by atomic mass is 10.0. The number of pyridine rings is 1. The van der Waals surface area contributed by atoms with E-state index in [0.29, 0.717) is 38.5 Å². The van der Waals surface area contributed by atoms with Crippen molar-refractivity contribution in [1.29, 1.82) is 0 Å². The molecular weight excluding hydrogens is 506 g/mol. The fraction of sp³-hybridized carbons (Fsp3) is 0.333. The average molecular weight is 536 g/mol. The number of benzene rings is 1. The van der Waals surface area contributed by atoms with Gasteiger partial charge in [-0.05, 0) is 60.7 Å². The van der Waals surface area contributed by atoms with Gasteiger partial charge in [0.15, 0.2) is 0 Å². The van der Waals surface area contributed by atoms with E-state index in [2.05, 4.69) is 47.7 Å². The fourth-order valence-corrected chi connectivity index (χ4v) is 6.78. The van der Waals surface area contributed by atoms with Crippen molar-refractivity contribution >= 4 is 49.9 Å². The van der Waals surface area contributed by atoms with E-state index in [1.165, 1.54) is 16.2 Å². The highest BCUT2D eigenvalue weighted by Crippen LogP contribution is 2.46. The standard InChI is InChI=1S/C27H29N5O3S2/c1-3-16(2)29-12-8-23(33)31-26-24(19-9-13-32(27(34)35)15-22(19)37-26)25-30-20-14-18(4-5-21(20)36-25)17-6-10-28-11-7-17/h4-7,10-11,14,16,29H,3,8-9,12-13,15H2,1-2H3,(H,31,33)(H,34,35)/t16-/m0/s1. The summed E-state index contributed by atoms with van der Waals surface area (Å²) in [5, 5.41) is 17.6. The Morgan fingerprint density at radius 2 is 1.97 bits per heavy atom. The first kappa shape index (κ1) is 25.3. The molecule has 4 heterocycles. The first-order valence-electron chi connectivity index (χ1n) is 12.4. The van der Waals surface area contributed by atoms with Gasteiger partial charge in [0.25, 0.3) is 0 Å². The third kappa shape index (κ3) is 5.51. The van der Waals surface area contributed by atoms with Crippen LogP contribution in [0.1, 0.15) is 37.1 Å². The zero-order valence-corrected chi connectivity index (χ0v) is 22.4. The number of fused-ring (bicyclic) bond motifs is 2. The summed E-state index contributed by atoms with van der Waals surface area (Å²) in [6.07, 6.45) is 4.59. The van der Waals surface area contributed by atoms with E-state index < -0.39 is 6.09 Å². The molecule has 0 radical (unpaired) electrons. The quantitative estimate of drug-likeness (QED) is 0.262. The SMILES string of the molecule is CC[C@H](C)NCCC(=O)Nc1sc2c(c1-c1nc3cc(-c4ccncc4)ccc3s1)CCN(C(=O)O)C2. The topological polar surface area (TPSA) is 107 Å². The molecule has 3 N–H and O–H groups in total. The molecule has 1 aliphatic heterocycles. The van der Waals surface area contributed by atoms with Gasteiger partial charge < -0.3 is 20.6 Å². The molecule has 0 bridgehead atoms. The van der Waals surface area contributed by atoms with Gasteiger partial charge in [-0.15, -0.1) is 22.7 Å². The zero-order valence-electron chi connectivity index (χ0n) is 20.8. The molecule has 10 heteroatoms. The number of carbonyl (C=O) groups excluding carboxylic acids is 1. The van der Waals surface area contributed by atoms with Gasteiger partial charge in [0.1, 0.15) is 10.0 Å². The van der Waals surface area contributed by atoms with Crippen molar-refractivity contribution in [2.24, 2.45) is 0 Å². The molecular formula is C27H29N5O3S2. The molecule has 1 aliphatic rings. The molecule has 5 rings (SSSR count). The molecule has 2 amide bonds. The Morgan fingerprint density at radius 3 is 2.73 bits per heavy atom. The summed E-state index contributed by atoms with van der Waals surface area (Å²) in [4.78, 5) is 35.9. The van der Waals surface area contributed by atoms with Gasteiger partial charge in [0.2, 0.25) is 5.91 Å². The summed E-state index contributed by atoms with van der Waals surface area (Å²) in [5.41, 5.74) is 5.06. The predicted octanol–water partition coefficient (Wildman–Crippen LogP) is 5.84. The number of anilines is 1. The van der Waals surface area contributed by atoms with Crippen LogP contribution in [0.5, 0.6) is 0 Å². The maximum Gasteiger partial charge on any atom is 0.407 e. The van der Waals surface area contributed by atoms with Crippen molar-refractivity contribution in [3.63, 3.8) is 0 Å². The van der Waals surface area contributed by atoms with Crippen molar-refractivity contribution < 1.29 is 14.7 Å². The lowest BCUT2D eigenvalue weighted by Crippen LogP contribution is -2.34. The van der Waals surface area contributed by atoms with Crippen LogP contribution in [0.2, 0.25) is 0 Å². The second-order valence-electron chi connectivity index (χ2n) is 9.16. The monoisotopic (exact) mass is 535 g/mol. The highest BCUT2D eigenvalue weighted by Gasteiger charge is 2.29. The lowest BCUT2D eigenvalue weighted by molar-refractivity contribution is -0.116. The minimum Gasteiger partial charge on any atom is -0.465 e. The Morgan fingerprint density at radius 1 is 1.16 bits per heavy atom. The van der Waals surface area contributed by atoms with Gasteiger partial charge in [0.05, 0.1) is 16.8 Å². The van der Waals surface area contributed by atoms with Crippen LogP contribution in [0.15, 0.2) is 42.7 Å². The summed E-state index contributed by atoms with van der Waals surface area (Å²) >= 11 is 3.06. The van der Waals surface area contributed by atoms with E-state index in [1.54, 1.807) is 23.7 Å². The summed E-state index contributed by atoms with van der Waals surface area (Å²) in [5.74, 6) is -0.0631. The summed E-state index contributed by atoms with van der Waals surface area (Å²) < 4.78 is 1.06. The summed E-state index contributed by atoms with van der Waals surface area (Å²) in [7, 11) is 0. The number of carbonyl (C=O) groups is 2. The molecule has 0 unspecified atom stereocenters. The van der Waals surface area contributed by atoms with E-state index in [1.807, 2.05) is 12.1 Å². The first-order valence-corrected chi connectivity index (χ1v) is 14.0. The van der Waals surface area contributed by atoms with Crippen LogP contribution in [0.25, 0.3) is 31.9 Å². The van der Waals surface area contributed by atoms with E-state index in [4.69, 9.17) is 4.98 Å². The summed E-state index contributed by atoms with van der Waals surface area (Å²) in [6.45, 7) is 5.57. The number of nitrogens with one attached hydrogen (secondary N) is 2. The number of amides is 2. The molecule has 3 aromatic heterocycles. The number of hydrogen-bond donors (Lipinski definition) is 3. The lowest BCUT2D eigenvalue weighted by Gasteiger charge is -2.24. The molecule has 0 fully saturated rings. The van der Waals surface area contributed by atoms with Crippen LogP contribution < -0.4 is 10.6 Å². The molecule has 37 heavy (non-hydrogen) atoms. The second kappa shape index (κ2) is 11.0. The smallest absolute Gasteiger partial charge is 0.407 e. The largest absolute Gasteiger partial charge is 0.465 e. The van der Waals surface area contributed by atoms with Crippen LogP contribution >= 0.6 is 22.7 Å². The van der Waals surface area contributed by atoms with Crippen molar-refractivity contribution in [1.82, 2.24) is 20.2 Å². The van der Waals surface area contributed by atoms with Gasteiger partial charge in [-0.2, -0.15) is 0 Å². The van der Waals surface area contributed by atoms with E-state index in [-0.39, 0.29) is 5.91 Å². The van der Waals surface area contributed by atoms with Crippen LogP contribution in [0, 0.1) is 0 Å². The maximum atomic E-state index is 12.9. The number of thiophene rings is 1. The molecule has 192 valence electrons. The predicted molar refractivity (Wildman–Crippen MR) is 149 cm³/mol. The Hall–Kier alpha value is -3.34. The molecule has 0 saturated carbocycles. The van der Waals surface area contributed by atoms with Crippen LogP contribution in [0.3, 0.4) is 0 Å². The van der Waals surface area contributed by atoms with Crippen molar-refractivity contribution in [2.75, 3.05) is 18.4 Å².